The third-order valence-corrected chi connectivity index (χ3v) is 4.34. The normalized spacial score (nSPS) is 11.6. The van der Waals surface area contributed by atoms with Gasteiger partial charge in [-0.1, -0.05) is 35.9 Å². The number of hydrogen-bond donors (Lipinski definition) is 1. The van der Waals surface area contributed by atoms with Crippen LogP contribution in [0.2, 0.25) is 5.02 Å². The van der Waals surface area contributed by atoms with Crippen LogP contribution in [-0.2, 0) is 22.7 Å². The Hall–Kier alpha value is -2.89. The number of carbonyl (C=O) groups is 1. The minimum atomic E-state index is -0.922. The number of rotatable bonds is 8. The van der Waals surface area contributed by atoms with Crippen molar-refractivity contribution in [2.24, 2.45) is 0 Å². The Bertz CT molecular complexity index is 883. The first-order valence-electron chi connectivity index (χ1n) is 8.80. The molecule has 0 spiro atoms. The van der Waals surface area contributed by atoms with Gasteiger partial charge in [-0.15, -0.1) is 0 Å². The molecule has 5 nitrogen and oxygen atoms in total. The lowest BCUT2D eigenvalue weighted by molar-refractivity contribution is -0.147. The molecule has 1 aromatic heterocycles. The monoisotopic (exact) mass is 397 g/mol. The van der Waals surface area contributed by atoms with Gasteiger partial charge in [0.1, 0.15) is 19.0 Å². The smallest absolute Gasteiger partial charge is 0.309 e. The number of esters is 1. The number of aromatic nitrogens is 1. The largest absolute Gasteiger partial charge is 0.489 e. The van der Waals surface area contributed by atoms with Gasteiger partial charge >= 0.3 is 5.97 Å². The zero-order valence-corrected chi connectivity index (χ0v) is 15.9. The molecule has 1 atom stereocenters. The molecule has 0 radical (unpaired) electrons. The standard InChI is InChI=1S/C22H20ClNO4/c23-19-5-3-18(4-6-19)21(25)13-22(26)28-15-16-1-7-20(8-2-16)27-14-17-9-11-24-12-10-17/h1-12,21,25H,13-15H2. The van der Waals surface area contributed by atoms with Gasteiger partial charge in [0.05, 0.1) is 12.5 Å². The van der Waals surface area contributed by atoms with E-state index in [0.29, 0.717) is 17.2 Å². The third kappa shape index (κ3) is 6.08. The summed E-state index contributed by atoms with van der Waals surface area (Å²) in [7, 11) is 0. The second kappa shape index (κ2) is 9.88. The Kier molecular flexibility index (Phi) is 7.00. The highest BCUT2D eigenvalue weighted by Gasteiger charge is 2.14. The van der Waals surface area contributed by atoms with Gasteiger partial charge in [-0.05, 0) is 53.1 Å². The van der Waals surface area contributed by atoms with Crippen LogP contribution in [0.25, 0.3) is 0 Å². The van der Waals surface area contributed by atoms with Gasteiger partial charge in [-0.2, -0.15) is 0 Å². The van der Waals surface area contributed by atoms with Crippen molar-refractivity contribution < 1.29 is 19.4 Å². The van der Waals surface area contributed by atoms with E-state index in [1.54, 1.807) is 36.7 Å². The highest BCUT2D eigenvalue weighted by atomic mass is 35.5. The van der Waals surface area contributed by atoms with E-state index in [1.165, 1.54) is 0 Å². The fourth-order valence-electron chi connectivity index (χ4n) is 2.51. The van der Waals surface area contributed by atoms with Gasteiger partial charge in [0.2, 0.25) is 0 Å². The van der Waals surface area contributed by atoms with Crippen molar-refractivity contribution in [2.75, 3.05) is 0 Å². The molecule has 1 heterocycles. The molecule has 0 saturated heterocycles. The molecule has 0 aliphatic carbocycles. The maximum absolute atomic E-state index is 12.0. The van der Waals surface area contributed by atoms with Crippen LogP contribution >= 0.6 is 11.6 Å². The summed E-state index contributed by atoms with van der Waals surface area (Å²) in [5.74, 6) is 0.255. The van der Waals surface area contributed by atoms with Crippen LogP contribution in [0, 0.1) is 0 Å². The molecule has 28 heavy (non-hydrogen) atoms. The number of benzene rings is 2. The molecule has 6 heteroatoms. The molecule has 0 bridgehead atoms. The van der Waals surface area contributed by atoms with Crippen molar-refractivity contribution in [3.05, 3.63) is 94.8 Å². The molecule has 0 aliphatic heterocycles. The maximum Gasteiger partial charge on any atom is 0.309 e. The summed E-state index contributed by atoms with van der Waals surface area (Å²) in [4.78, 5) is 15.9. The van der Waals surface area contributed by atoms with E-state index in [4.69, 9.17) is 21.1 Å². The summed E-state index contributed by atoms with van der Waals surface area (Å²) in [6.45, 7) is 0.593. The van der Waals surface area contributed by atoms with Crippen molar-refractivity contribution in [1.82, 2.24) is 4.98 Å². The molecule has 0 saturated carbocycles. The Morgan fingerprint density at radius 3 is 2.25 bits per heavy atom. The van der Waals surface area contributed by atoms with Gasteiger partial charge in [0, 0.05) is 17.4 Å². The topological polar surface area (TPSA) is 68.7 Å². The van der Waals surface area contributed by atoms with Crippen LogP contribution in [0.4, 0.5) is 0 Å². The fraction of sp³-hybridized carbons (Fsp3) is 0.182. The second-order valence-corrected chi connectivity index (χ2v) is 6.66. The lowest BCUT2D eigenvalue weighted by atomic mass is 10.1. The third-order valence-electron chi connectivity index (χ3n) is 4.09. The van der Waals surface area contributed by atoms with Crippen LogP contribution < -0.4 is 4.74 Å². The van der Waals surface area contributed by atoms with Crippen LogP contribution in [0.1, 0.15) is 29.2 Å². The lowest BCUT2D eigenvalue weighted by Gasteiger charge is -2.11. The minimum absolute atomic E-state index is 0.116. The molecular weight excluding hydrogens is 378 g/mol. The van der Waals surface area contributed by atoms with Crippen molar-refractivity contribution in [3.8, 4) is 5.75 Å². The number of nitrogens with zero attached hydrogens (tertiary/aromatic N) is 1. The van der Waals surface area contributed by atoms with E-state index in [2.05, 4.69) is 4.98 Å². The predicted molar refractivity (Wildman–Crippen MR) is 106 cm³/mol. The summed E-state index contributed by atoms with van der Waals surface area (Å²) in [5, 5.41) is 10.7. The molecule has 0 fully saturated rings. The molecule has 3 aromatic rings. The number of pyridine rings is 1. The van der Waals surface area contributed by atoms with Gasteiger partial charge in [-0.3, -0.25) is 9.78 Å². The zero-order chi connectivity index (χ0) is 19.8. The van der Waals surface area contributed by atoms with Crippen LogP contribution in [0.15, 0.2) is 73.1 Å². The first kappa shape index (κ1) is 19.9. The Morgan fingerprint density at radius 1 is 0.929 bits per heavy atom. The van der Waals surface area contributed by atoms with E-state index in [9.17, 15) is 9.90 Å². The fourth-order valence-corrected chi connectivity index (χ4v) is 2.64. The lowest BCUT2D eigenvalue weighted by Crippen LogP contribution is -2.10. The highest BCUT2D eigenvalue weighted by molar-refractivity contribution is 6.30. The minimum Gasteiger partial charge on any atom is -0.489 e. The average molecular weight is 398 g/mol. The van der Waals surface area contributed by atoms with Crippen LogP contribution in [0.3, 0.4) is 0 Å². The number of hydrogen-bond acceptors (Lipinski definition) is 5. The first-order valence-corrected chi connectivity index (χ1v) is 9.18. The van der Waals surface area contributed by atoms with Gasteiger partial charge in [0.15, 0.2) is 0 Å². The predicted octanol–water partition coefficient (Wildman–Crippen LogP) is 4.48. The Labute approximate surface area is 168 Å². The molecule has 3 rings (SSSR count). The highest BCUT2D eigenvalue weighted by Crippen LogP contribution is 2.20. The SMILES string of the molecule is O=C(CC(O)c1ccc(Cl)cc1)OCc1ccc(OCc2ccncc2)cc1. The summed E-state index contributed by atoms with van der Waals surface area (Å²) >= 11 is 5.82. The average Bonchev–Trinajstić information content (AvgIpc) is 2.72. The molecule has 1 N–H and O–H groups in total. The Balaban J connectivity index is 1.43. The summed E-state index contributed by atoms with van der Waals surface area (Å²) in [6.07, 6.45) is 2.41. The first-order chi connectivity index (χ1) is 13.6. The second-order valence-electron chi connectivity index (χ2n) is 6.22. The van der Waals surface area contributed by atoms with E-state index in [1.807, 2.05) is 36.4 Å². The number of aliphatic hydroxyl groups excluding tert-OH is 1. The number of ether oxygens (including phenoxy) is 2. The number of aliphatic hydroxyl groups is 1. The molecule has 0 aliphatic rings. The van der Waals surface area contributed by atoms with E-state index in [-0.39, 0.29) is 13.0 Å². The Morgan fingerprint density at radius 2 is 1.57 bits per heavy atom. The number of carbonyl (C=O) groups excluding carboxylic acids is 1. The number of halogens is 1. The van der Waals surface area contributed by atoms with Crippen LogP contribution in [-0.4, -0.2) is 16.1 Å². The molecule has 144 valence electrons. The quantitative estimate of drug-likeness (QED) is 0.567. The molecule has 0 amide bonds. The van der Waals surface area contributed by atoms with Gasteiger partial charge < -0.3 is 14.6 Å². The van der Waals surface area contributed by atoms with Crippen molar-refractivity contribution in [2.45, 2.75) is 25.7 Å². The van der Waals surface area contributed by atoms with Gasteiger partial charge in [0.25, 0.3) is 0 Å². The molecular formula is C22H20ClNO4. The zero-order valence-electron chi connectivity index (χ0n) is 15.1. The summed E-state index contributed by atoms with van der Waals surface area (Å²) < 4.78 is 10.9. The van der Waals surface area contributed by atoms with Crippen LogP contribution in [0.5, 0.6) is 5.75 Å². The molecule has 2 aromatic carbocycles. The van der Waals surface area contributed by atoms with E-state index >= 15 is 0 Å². The van der Waals surface area contributed by atoms with Crippen molar-refractivity contribution in [3.63, 3.8) is 0 Å². The summed E-state index contributed by atoms with van der Waals surface area (Å²) in [5.41, 5.74) is 2.50. The van der Waals surface area contributed by atoms with E-state index < -0.39 is 12.1 Å². The summed E-state index contributed by atoms with van der Waals surface area (Å²) in [6, 6.07) is 17.8. The molecule has 1 unspecified atom stereocenters. The van der Waals surface area contributed by atoms with E-state index in [0.717, 1.165) is 16.9 Å². The van der Waals surface area contributed by atoms with Gasteiger partial charge in [-0.25, -0.2) is 0 Å². The van der Waals surface area contributed by atoms with Crippen molar-refractivity contribution in [1.29, 1.82) is 0 Å². The van der Waals surface area contributed by atoms with Crippen molar-refractivity contribution >= 4 is 17.6 Å². The maximum atomic E-state index is 12.0.